The molecule has 0 radical (unpaired) electrons. The fraction of sp³-hybridized carbons (Fsp3) is 0.391. The van der Waals surface area contributed by atoms with Gasteiger partial charge in [0.05, 0.1) is 6.42 Å². The van der Waals surface area contributed by atoms with E-state index in [2.05, 4.69) is 26.0 Å². The van der Waals surface area contributed by atoms with Gasteiger partial charge in [-0.2, -0.15) is 0 Å². The van der Waals surface area contributed by atoms with Gasteiger partial charge in [-0.05, 0) is 41.2 Å². The summed E-state index contributed by atoms with van der Waals surface area (Å²) in [6, 6.07) is 13.8. The third-order valence-corrected chi connectivity index (χ3v) is 5.09. The molecule has 1 heterocycles. The molecular weight excluding hydrogens is 340 g/mol. The Morgan fingerprint density at radius 2 is 1.59 bits per heavy atom. The van der Waals surface area contributed by atoms with Crippen molar-refractivity contribution in [3.63, 3.8) is 0 Å². The molecular formula is C23H26O4. The highest BCUT2D eigenvalue weighted by atomic mass is 16.7. The topological polar surface area (TPSA) is 52.6 Å². The molecule has 1 unspecified atom stereocenters. The maximum atomic E-state index is 12.5. The normalized spacial score (nSPS) is 13.6. The van der Waals surface area contributed by atoms with E-state index in [9.17, 15) is 9.59 Å². The smallest absolute Gasteiger partial charge is 0.231 e. The Balaban J connectivity index is 1.51. The first-order chi connectivity index (χ1) is 12.9. The Morgan fingerprint density at radius 3 is 2.30 bits per heavy atom. The lowest BCUT2D eigenvalue weighted by molar-refractivity contribution is -0.127. The molecule has 0 saturated heterocycles. The minimum absolute atomic E-state index is 0.0162. The maximum Gasteiger partial charge on any atom is 0.231 e. The van der Waals surface area contributed by atoms with Gasteiger partial charge in [-0.3, -0.25) is 9.59 Å². The lowest BCUT2D eigenvalue weighted by Gasteiger charge is -2.12. The molecule has 142 valence electrons. The molecule has 4 nitrogen and oxygen atoms in total. The van der Waals surface area contributed by atoms with Crippen molar-refractivity contribution in [2.75, 3.05) is 6.79 Å². The molecule has 0 amide bonds. The summed E-state index contributed by atoms with van der Waals surface area (Å²) < 4.78 is 10.6. The molecule has 0 aromatic heterocycles. The van der Waals surface area contributed by atoms with E-state index in [0.29, 0.717) is 18.8 Å². The third-order valence-electron chi connectivity index (χ3n) is 5.09. The lowest BCUT2D eigenvalue weighted by atomic mass is 9.91. The highest BCUT2D eigenvalue weighted by molar-refractivity contribution is 6.01. The molecule has 3 rings (SSSR count). The number of rotatable bonds is 8. The van der Waals surface area contributed by atoms with Crippen LogP contribution in [0.3, 0.4) is 0 Å². The highest BCUT2D eigenvalue weighted by Crippen LogP contribution is 2.32. The molecule has 0 saturated carbocycles. The van der Waals surface area contributed by atoms with Crippen LogP contribution in [0.1, 0.15) is 62.1 Å². The van der Waals surface area contributed by atoms with Gasteiger partial charge in [0.25, 0.3) is 0 Å². The van der Waals surface area contributed by atoms with Crippen LogP contribution in [-0.4, -0.2) is 18.4 Å². The molecule has 1 atom stereocenters. The van der Waals surface area contributed by atoms with Crippen LogP contribution >= 0.6 is 0 Å². The molecule has 27 heavy (non-hydrogen) atoms. The van der Waals surface area contributed by atoms with Gasteiger partial charge in [0.15, 0.2) is 11.5 Å². The Kier molecular flexibility index (Phi) is 5.94. The van der Waals surface area contributed by atoms with E-state index in [0.717, 1.165) is 22.6 Å². The third kappa shape index (κ3) is 4.76. The number of Topliss-reactive ketones (excluding diaryl/α,β-unsaturated/α-hetero) is 2. The van der Waals surface area contributed by atoms with Crippen LogP contribution in [0.5, 0.6) is 11.5 Å². The summed E-state index contributed by atoms with van der Waals surface area (Å²) in [7, 11) is 0. The average Bonchev–Trinajstić information content (AvgIpc) is 3.13. The Bertz CT molecular complexity index is 821. The van der Waals surface area contributed by atoms with Crippen molar-refractivity contribution in [3.8, 4) is 11.5 Å². The van der Waals surface area contributed by atoms with Crippen LogP contribution in [0.25, 0.3) is 0 Å². The second-order valence-corrected chi connectivity index (χ2v) is 7.41. The van der Waals surface area contributed by atoms with Crippen LogP contribution in [0.15, 0.2) is 42.5 Å². The maximum absolute atomic E-state index is 12.5. The predicted molar refractivity (Wildman–Crippen MR) is 104 cm³/mol. The summed E-state index contributed by atoms with van der Waals surface area (Å²) in [5.41, 5.74) is 3.23. The van der Waals surface area contributed by atoms with Crippen LogP contribution in [0, 0.1) is 0 Å². The number of aryl methyl sites for hydroxylation is 1. The number of carbonyl (C=O) groups is 2. The van der Waals surface area contributed by atoms with Crippen molar-refractivity contribution in [3.05, 3.63) is 59.2 Å². The first kappa shape index (κ1) is 19.2. The Labute approximate surface area is 160 Å². The molecule has 0 aliphatic carbocycles. The van der Waals surface area contributed by atoms with E-state index in [-0.39, 0.29) is 30.7 Å². The summed E-state index contributed by atoms with van der Waals surface area (Å²) in [5, 5.41) is 0. The largest absolute Gasteiger partial charge is 0.454 e. The van der Waals surface area contributed by atoms with Crippen molar-refractivity contribution in [1.82, 2.24) is 0 Å². The van der Waals surface area contributed by atoms with E-state index in [1.54, 1.807) is 0 Å². The zero-order valence-electron chi connectivity index (χ0n) is 16.2. The molecule has 2 aromatic rings. The van der Waals surface area contributed by atoms with Crippen molar-refractivity contribution in [1.29, 1.82) is 0 Å². The highest BCUT2D eigenvalue weighted by Gasteiger charge is 2.19. The summed E-state index contributed by atoms with van der Waals surface area (Å²) in [5.74, 6) is 1.60. The van der Waals surface area contributed by atoms with Crippen molar-refractivity contribution >= 4 is 11.6 Å². The van der Waals surface area contributed by atoms with Crippen LogP contribution < -0.4 is 9.47 Å². The van der Waals surface area contributed by atoms with Crippen LogP contribution in [0.2, 0.25) is 0 Å². The van der Waals surface area contributed by atoms with Crippen LogP contribution in [-0.2, 0) is 16.0 Å². The van der Waals surface area contributed by atoms with E-state index in [4.69, 9.17) is 9.47 Å². The minimum atomic E-state index is -0.263. The predicted octanol–water partition coefficient (Wildman–Crippen LogP) is 4.80. The second-order valence-electron chi connectivity index (χ2n) is 7.41. The molecule has 4 heteroatoms. The number of hydrogen-bond donors (Lipinski definition) is 0. The molecule has 0 fully saturated rings. The average molecular weight is 366 g/mol. The number of fused-ring (bicyclic) bond motifs is 1. The van der Waals surface area contributed by atoms with E-state index < -0.39 is 0 Å². The van der Waals surface area contributed by atoms with Crippen molar-refractivity contribution in [2.24, 2.45) is 0 Å². The van der Waals surface area contributed by atoms with Gasteiger partial charge in [-0.15, -0.1) is 0 Å². The Hall–Kier alpha value is -2.62. The summed E-state index contributed by atoms with van der Waals surface area (Å²) >= 11 is 0. The van der Waals surface area contributed by atoms with Gasteiger partial charge in [0.2, 0.25) is 6.79 Å². The SMILES string of the molecule is CC(C)c1ccc(C(C)C(=O)CC(=O)CCc2ccc3c(c2)OCO3)cc1. The number of hydrogen-bond acceptors (Lipinski definition) is 4. The van der Waals surface area contributed by atoms with Crippen molar-refractivity contribution in [2.45, 2.75) is 51.9 Å². The standard InChI is InChI=1S/C23H26O4/c1-15(2)18-6-8-19(9-7-18)16(3)21(25)13-20(24)10-4-17-5-11-22-23(12-17)27-14-26-22/h5-9,11-12,15-16H,4,10,13-14H2,1-3H3. The fourth-order valence-electron chi connectivity index (χ4n) is 3.17. The second kappa shape index (κ2) is 8.38. The van der Waals surface area contributed by atoms with Gasteiger partial charge in [0.1, 0.15) is 11.6 Å². The van der Waals surface area contributed by atoms with E-state index in [1.165, 1.54) is 5.56 Å². The van der Waals surface area contributed by atoms with E-state index >= 15 is 0 Å². The molecule has 0 bridgehead atoms. The monoisotopic (exact) mass is 366 g/mol. The number of ether oxygens (including phenoxy) is 2. The number of benzene rings is 2. The zero-order valence-corrected chi connectivity index (χ0v) is 16.2. The lowest BCUT2D eigenvalue weighted by Crippen LogP contribution is -2.15. The summed E-state index contributed by atoms with van der Waals surface area (Å²) in [4.78, 5) is 24.7. The van der Waals surface area contributed by atoms with Gasteiger partial charge >= 0.3 is 0 Å². The molecule has 1 aliphatic rings. The van der Waals surface area contributed by atoms with Crippen LogP contribution in [0.4, 0.5) is 0 Å². The van der Waals surface area contributed by atoms with Gasteiger partial charge < -0.3 is 9.47 Å². The quantitative estimate of drug-likeness (QED) is 0.630. The van der Waals surface area contributed by atoms with Gasteiger partial charge in [0, 0.05) is 12.3 Å². The van der Waals surface area contributed by atoms with Gasteiger partial charge in [-0.1, -0.05) is 51.1 Å². The summed E-state index contributed by atoms with van der Waals surface area (Å²) in [6.07, 6.45) is 0.933. The van der Waals surface area contributed by atoms with E-state index in [1.807, 2.05) is 37.3 Å². The molecule has 1 aliphatic heterocycles. The van der Waals surface area contributed by atoms with Crippen molar-refractivity contribution < 1.29 is 19.1 Å². The Morgan fingerprint density at radius 1 is 0.926 bits per heavy atom. The fourth-order valence-corrected chi connectivity index (χ4v) is 3.17. The molecule has 0 N–H and O–H groups in total. The number of carbonyl (C=O) groups excluding carboxylic acids is 2. The minimum Gasteiger partial charge on any atom is -0.454 e. The van der Waals surface area contributed by atoms with Gasteiger partial charge in [-0.25, -0.2) is 0 Å². The zero-order chi connectivity index (χ0) is 19.4. The summed E-state index contributed by atoms with van der Waals surface area (Å²) in [6.45, 7) is 6.39. The first-order valence-electron chi connectivity index (χ1n) is 9.47. The number of ketones is 2. The molecule has 0 spiro atoms. The first-order valence-corrected chi connectivity index (χ1v) is 9.47. The molecule has 2 aromatic carbocycles.